The summed E-state index contributed by atoms with van der Waals surface area (Å²) in [6, 6.07) is 0. The number of aliphatic hydroxyl groups excluding tert-OH is 1. The van der Waals surface area contributed by atoms with E-state index in [0.717, 1.165) is 0 Å². The molecule has 0 amide bonds. The van der Waals surface area contributed by atoms with E-state index >= 15 is 0 Å². The smallest absolute Gasteiger partial charge is 0.384 e. The van der Waals surface area contributed by atoms with Crippen LogP contribution in [0.1, 0.15) is 22.1 Å². The van der Waals surface area contributed by atoms with Crippen LogP contribution < -0.4 is 0 Å². The summed E-state index contributed by atoms with van der Waals surface area (Å²) in [4.78, 5) is 10.8. The van der Waals surface area contributed by atoms with Gasteiger partial charge in [0.25, 0.3) is 0 Å². The lowest BCUT2D eigenvalue weighted by Crippen LogP contribution is -2.22. The zero-order valence-electron chi connectivity index (χ0n) is 7.84. The molecule has 1 unspecified atom stereocenters. The molecule has 0 aliphatic carbocycles. The molecule has 3 heteroatoms. The fraction of sp³-hybridized carbons (Fsp3) is 0.625. The molecule has 0 heterocycles. The third-order valence-electron chi connectivity index (χ3n) is 0.638. The van der Waals surface area contributed by atoms with Gasteiger partial charge in [0, 0.05) is 5.92 Å². The maximum Gasteiger partial charge on any atom is 0.384 e. The average molecular weight is 157 g/mol. The Morgan fingerprint density at radius 3 is 2.64 bits per heavy atom. The molecule has 1 atom stereocenters. The molecule has 62 valence electrons. The number of hydrogen-bond acceptors (Lipinski definition) is 3. The second kappa shape index (κ2) is 3.99. The highest BCUT2D eigenvalue weighted by atomic mass is 16.6. The second-order valence-electron chi connectivity index (χ2n) is 2.90. The van der Waals surface area contributed by atoms with E-state index in [1.165, 1.54) is 0 Å². The van der Waals surface area contributed by atoms with E-state index in [4.69, 9.17) is 11.2 Å². The lowest BCUT2D eigenvalue weighted by Gasteiger charge is -2.16. The van der Waals surface area contributed by atoms with E-state index in [9.17, 15) is 4.79 Å². The van der Waals surface area contributed by atoms with Crippen LogP contribution in [0, 0.1) is 11.8 Å². The summed E-state index contributed by atoms with van der Waals surface area (Å²) in [5, 5.41) is 8.38. The maximum atomic E-state index is 10.8. The number of aliphatic hydroxyl groups is 1. The summed E-state index contributed by atoms with van der Waals surface area (Å²) in [5.41, 5.74) is -0.585. The van der Waals surface area contributed by atoms with Gasteiger partial charge in [0.05, 0.1) is 1.37 Å². The number of carbonyl (C=O) groups excluding carboxylic acids is 1. The number of esters is 1. The van der Waals surface area contributed by atoms with Crippen molar-refractivity contribution >= 4 is 5.97 Å². The van der Waals surface area contributed by atoms with Gasteiger partial charge < -0.3 is 9.84 Å². The molecule has 0 spiro atoms. The molecule has 0 aliphatic rings. The van der Waals surface area contributed by atoms with E-state index in [1.807, 2.05) is 11.8 Å². The largest absolute Gasteiger partial charge is 0.450 e. The first-order valence-corrected chi connectivity index (χ1v) is 3.16. The Kier molecular flexibility index (Phi) is 2.94. The first kappa shape index (κ1) is 8.09. The normalized spacial score (nSPS) is 14.0. The fourth-order valence-corrected chi connectivity index (χ4v) is 0.395. The molecule has 3 nitrogen and oxygen atoms in total. The Labute approximate surface area is 67.8 Å². The van der Waals surface area contributed by atoms with Crippen LogP contribution in [0.15, 0.2) is 0 Å². The summed E-state index contributed by atoms with van der Waals surface area (Å²) >= 11 is 0. The quantitative estimate of drug-likeness (QED) is 0.313. The first-order chi connectivity index (χ1) is 5.31. The Morgan fingerprint density at radius 2 is 2.27 bits per heavy atom. The standard InChI is InChI=1S/C8H12O3/c1-8(2,3)11-7(10)5-4-6-9/h9H,6H2,1-3H3/i6D. The molecule has 0 aromatic rings. The number of carbonyl (C=O) groups is 1. The molecular formula is C8H12O3. The number of ether oxygens (including phenoxy) is 1. The maximum absolute atomic E-state index is 10.8. The van der Waals surface area contributed by atoms with Gasteiger partial charge in [-0.05, 0) is 20.8 Å². The zero-order chi connectivity index (χ0) is 9.78. The molecule has 0 aromatic heterocycles. The third kappa shape index (κ3) is 6.88. The summed E-state index contributed by atoms with van der Waals surface area (Å²) in [7, 11) is 0. The van der Waals surface area contributed by atoms with Gasteiger partial charge in [-0.1, -0.05) is 5.92 Å². The van der Waals surface area contributed by atoms with Crippen molar-refractivity contribution in [2.45, 2.75) is 26.4 Å². The van der Waals surface area contributed by atoms with Crippen molar-refractivity contribution < 1.29 is 16.0 Å². The van der Waals surface area contributed by atoms with E-state index in [2.05, 4.69) is 0 Å². The van der Waals surface area contributed by atoms with E-state index in [0.29, 0.717) is 0 Å². The molecule has 0 rings (SSSR count). The van der Waals surface area contributed by atoms with E-state index in [1.54, 1.807) is 20.8 Å². The first-order valence-electron chi connectivity index (χ1n) is 3.74. The summed E-state index contributed by atoms with van der Waals surface area (Å²) in [5.74, 6) is 3.23. The second-order valence-corrected chi connectivity index (χ2v) is 2.90. The van der Waals surface area contributed by atoms with Crippen molar-refractivity contribution in [3.63, 3.8) is 0 Å². The molecule has 0 aliphatic heterocycles. The highest BCUT2D eigenvalue weighted by molar-refractivity contribution is 5.88. The molecule has 0 saturated heterocycles. The Morgan fingerprint density at radius 1 is 1.73 bits per heavy atom. The van der Waals surface area contributed by atoms with Gasteiger partial charge in [0.15, 0.2) is 0 Å². The van der Waals surface area contributed by atoms with Gasteiger partial charge in [-0.2, -0.15) is 0 Å². The monoisotopic (exact) mass is 157 g/mol. The van der Waals surface area contributed by atoms with Gasteiger partial charge in [0.2, 0.25) is 0 Å². The van der Waals surface area contributed by atoms with E-state index in [-0.39, 0.29) is 0 Å². The fourth-order valence-electron chi connectivity index (χ4n) is 0.395. The summed E-state index contributed by atoms with van der Waals surface area (Å²) < 4.78 is 11.4. The van der Waals surface area contributed by atoms with Crippen molar-refractivity contribution in [3.8, 4) is 11.8 Å². The predicted molar refractivity (Wildman–Crippen MR) is 40.7 cm³/mol. The van der Waals surface area contributed by atoms with Crippen molar-refractivity contribution in [2.24, 2.45) is 0 Å². The van der Waals surface area contributed by atoms with Crippen LogP contribution in [-0.4, -0.2) is 23.3 Å². The Bertz CT molecular complexity index is 217. The van der Waals surface area contributed by atoms with Crippen LogP contribution in [0.5, 0.6) is 0 Å². The Hall–Kier alpha value is -1.01. The minimum absolute atomic E-state index is 0.585. The topological polar surface area (TPSA) is 46.5 Å². The Balaban J connectivity index is 4.02. The van der Waals surface area contributed by atoms with Crippen LogP contribution in [-0.2, 0) is 9.53 Å². The number of hydrogen-bond donors (Lipinski definition) is 1. The van der Waals surface area contributed by atoms with Crippen LogP contribution in [0.2, 0.25) is 0 Å². The lowest BCUT2D eigenvalue weighted by atomic mass is 10.2. The molecule has 0 radical (unpaired) electrons. The zero-order valence-corrected chi connectivity index (χ0v) is 6.84. The van der Waals surface area contributed by atoms with Crippen molar-refractivity contribution in [3.05, 3.63) is 0 Å². The van der Waals surface area contributed by atoms with E-state index < -0.39 is 18.2 Å². The molecule has 11 heavy (non-hydrogen) atoms. The molecule has 0 fully saturated rings. The van der Waals surface area contributed by atoms with Crippen LogP contribution in [0.25, 0.3) is 0 Å². The van der Waals surface area contributed by atoms with Crippen molar-refractivity contribution in [2.75, 3.05) is 6.58 Å². The highest BCUT2D eigenvalue weighted by Gasteiger charge is 2.13. The predicted octanol–water partition coefficient (Wildman–Crippen LogP) is 0.324. The SMILES string of the molecule is [2H]C(O)C#CC(=O)OC(C)(C)C. The number of rotatable bonds is 0. The van der Waals surface area contributed by atoms with Crippen molar-refractivity contribution in [1.29, 1.82) is 0 Å². The third-order valence-corrected chi connectivity index (χ3v) is 0.638. The molecule has 1 N–H and O–H groups in total. The average Bonchev–Trinajstić information content (AvgIpc) is 1.79. The van der Waals surface area contributed by atoms with Crippen LogP contribution in [0.3, 0.4) is 0 Å². The van der Waals surface area contributed by atoms with Gasteiger partial charge in [-0.3, -0.25) is 0 Å². The molecule has 0 aromatic carbocycles. The van der Waals surface area contributed by atoms with Crippen LogP contribution in [0.4, 0.5) is 0 Å². The van der Waals surface area contributed by atoms with Gasteiger partial charge >= 0.3 is 5.97 Å². The van der Waals surface area contributed by atoms with Crippen LogP contribution >= 0.6 is 0 Å². The molecule has 0 bridgehead atoms. The highest BCUT2D eigenvalue weighted by Crippen LogP contribution is 2.05. The van der Waals surface area contributed by atoms with Crippen molar-refractivity contribution in [1.82, 2.24) is 0 Å². The molecular weight excluding hydrogens is 144 g/mol. The summed E-state index contributed by atoms with van der Waals surface area (Å²) in [6.45, 7) is 3.59. The van der Waals surface area contributed by atoms with Gasteiger partial charge in [-0.15, -0.1) is 0 Å². The minimum atomic E-state index is -1.54. The summed E-state index contributed by atoms with van der Waals surface area (Å²) in [6.07, 6.45) is 0. The lowest BCUT2D eigenvalue weighted by molar-refractivity contribution is -0.147. The van der Waals surface area contributed by atoms with Gasteiger partial charge in [0.1, 0.15) is 12.2 Å². The molecule has 0 saturated carbocycles. The minimum Gasteiger partial charge on any atom is -0.450 e. The van der Waals surface area contributed by atoms with Gasteiger partial charge in [-0.25, -0.2) is 4.79 Å².